The highest BCUT2D eigenvalue weighted by atomic mass is 16.3. The van der Waals surface area contributed by atoms with E-state index in [1.807, 2.05) is 18.3 Å². The normalized spacial score (nSPS) is 38.9. The van der Waals surface area contributed by atoms with Crippen LogP contribution in [0.15, 0.2) is 24.4 Å². The summed E-state index contributed by atoms with van der Waals surface area (Å²) in [6.07, 6.45) is 5.76. The summed E-state index contributed by atoms with van der Waals surface area (Å²) in [5.74, 6) is 0. The van der Waals surface area contributed by atoms with Crippen LogP contribution in [0.5, 0.6) is 0 Å². The van der Waals surface area contributed by atoms with Gasteiger partial charge in [0.05, 0.1) is 17.3 Å². The van der Waals surface area contributed by atoms with Crippen molar-refractivity contribution in [1.29, 1.82) is 0 Å². The Balaban J connectivity index is 2.03. The highest BCUT2D eigenvalue weighted by molar-refractivity contribution is 5.21. The van der Waals surface area contributed by atoms with E-state index in [1.54, 1.807) is 0 Å². The van der Waals surface area contributed by atoms with Gasteiger partial charge in [0.25, 0.3) is 0 Å². The molecule has 1 aromatic rings. The van der Waals surface area contributed by atoms with Crippen molar-refractivity contribution in [2.45, 2.75) is 43.4 Å². The summed E-state index contributed by atoms with van der Waals surface area (Å²) in [7, 11) is 2.18. The largest absolute Gasteiger partial charge is 0.393 e. The van der Waals surface area contributed by atoms with Crippen LogP contribution in [0.3, 0.4) is 0 Å². The van der Waals surface area contributed by atoms with Gasteiger partial charge < -0.3 is 5.11 Å². The van der Waals surface area contributed by atoms with Gasteiger partial charge in [-0.3, -0.25) is 9.88 Å². The number of aliphatic hydroxyl groups excluding tert-OH is 1. The number of nitrogens with zero attached hydrogens (tertiary/aromatic N) is 2. The molecule has 2 fully saturated rings. The molecule has 2 saturated heterocycles. The van der Waals surface area contributed by atoms with Crippen molar-refractivity contribution in [1.82, 2.24) is 9.88 Å². The fourth-order valence-electron chi connectivity index (χ4n) is 3.49. The van der Waals surface area contributed by atoms with Gasteiger partial charge in [0.15, 0.2) is 0 Å². The molecule has 1 N–H and O–H groups in total. The van der Waals surface area contributed by atoms with E-state index in [0.29, 0.717) is 6.04 Å². The van der Waals surface area contributed by atoms with Gasteiger partial charge in [-0.25, -0.2) is 0 Å². The van der Waals surface area contributed by atoms with Crippen LogP contribution in [0.4, 0.5) is 0 Å². The lowest BCUT2D eigenvalue weighted by atomic mass is 9.84. The Morgan fingerprint density at radius 2 is 2.38 bits per heavy atom. The maximum absolute atomic E-state index is 9.98. The van der Waals surface area contributed by atoms with Crippen LogP contribution in [0, 0.1) is 0 Å². The summed E-state index contributed by atoms with van der Waals surface area (Å²) in [6, 6.07) is 6.62. The Kier molecular flexibility index (Phi) is 2.26. The Hall–Kier alpha value is -0.930. The lowest BCUT2D eigenvalue weighted by molar-refractivity contribution is -0.00837. The van der Waals surface area contributed by atoms with Crippen molar-refractivity contribution < 1.29 is 5.11 Å². The predicted octanol–water partition coefficient (Wildman–Crippen LogP) is 1.53. The summed E-state index contributed by atoms with van der Waals surface area (Å²) in [4.78, 5) is 6.94. The molecule has 16 heavy (non-hydrogen) atoms. The van der Waals surface area contributed by atoms with Gasteiger partial charge in [0.1, 0.15) is 0 Å². The average molecular weight is 218 g/mol. The molecule has 2 bridgehead atoms. The van der Waals surface area contributed by atoms with Crippen molar-refractivity contribution in [2.75, 3.05) is 7.05 Å². The molecule has 1 aromatic heterocycles. The standard InChI is InChI=1S/C13H18N2O/c1-15-10-5-6-13(15,9-11(16)8-10)12-4-2-3-7-14-12/h2-4,7,10-11,16H,5-6,8-9H2,1H3/t10-,11?,13+/m0/s1. The van der Waals surface area contributed by atoms with Gasteiger partial charge in [0, 0.05) is 12.2 Å². The van der Waals surface area contributed by atoms with E-state index in [2.05, 4.69) is 23.0 Å². The number of hydrogen-bond donors (Lipinski definition) is 1. The van der Waals surface area contributed by atoms with E-state index in [9.17, 15) is 5.11 Å². The van der Waals surface area contributed by atoms with E-state index in [1.165, 1.54) is 6.42 Å². The SMILES string of the molecule is CN1[C@H]2CC[C@]1(c1ccccn1)CC(O)C2. The number of rotatable bonds is 1. The van der Waals surface area contributed by atoms with Crippen LogP contribution in [0.2, 0.25) is 0 Å². The van der Waals surface area contributed by atoms with Crippen molar-refractivity contribution in [3.63, 3.8) is 0 Å². The molecular weight excluding hydrogens is 200 g/mol. The summed E-state index contributed by atoms with van der Waals surface area (Å²) in [5, 5.41) is 9.98. The Morgan fingerprint density at radius 1 is 1.50 bits per heavy atom. The topological polar surface area (TPSA) is 36.4 Å². The molecular formula is C13H18N2O. The van der Waals surface area contributed by atoms with E-state index in [-0.39, 0.29) is 11.6 Å². The number of fused-ring (bicyclic) bond motifs is 2. The van der Waals surface area contributed by atoms with Crippen LogP contribution in [-0.2, 0) is 5.54 Å². The number of piperidine rings is 1. The van der Waals surface area contributed by atoms with Crippen LogP contribution in [-0.4, -0.2) is 34.2 Å². The fraction of sp³-hybridized carbons (Fsp3) is 0.615. The zero-order chi connectivity index (χ0) is 11.2. The second-order valence-corrected chi connectivity index (χ2v) is 5.14. The first kappa shape index (κ1) is 10.2. The van der Waals surface area contributed by atoms with Crippen molar-refractivity contribution in [3.8, 4) is 0 Å². The van der Waals surface area contributed by atoms with E-state index in [4.69, 9.17) is 0 Å². The van der Waals surface area contributed by atoms with Crippen LogP contribution >= 0.6 is 0 Å². The van der Waals surface area contributed by atoms with Crippen LogP contribution in [0.25, 0.3) is 0 Å². The third kappa shape index (κ3) is 1.31. The lowest BCUT2D eigenvalue weighted by Gasteiger charge is -2.44. The predicted molar refractivity (Wildman–Crippen MR) is 61.9 cm³/mol. The fourth-order valence-corrected chi connectivity index (χ4v) is 3.49. The number of aromatic nitrogens is 1. The minimum atomic E-state index is -0.161. The van der Waals surface area contributed by atoms with Crippen molar-refractivity contribution in [3.05, 3.63) is 30.1 Å². The average Bonchev–Trinajstić information content (AvgIpc) is 2.51. The highest BCUT2D eigenvalue weighted by Crippen LogP contribution is 2.48. The Morgan fingerprint density at radius 3 is 3.12 bits per heavy atom. The summed E-state index contributed by atoms with van der Waals surface area (Å²) < 4.78 is 0. The summed E-state index contributed by atoms with van der Waals surface area (Å²) >= 11 is 0. The summed E-state index contributed by atoms with van der Waals surface area (Å²) in [6.45, 7) is 0. The molecule has 1 unspecified atom stereocenters. The third-order valence-corrected chi connectivity index (χ3v) is 4.37. The van der Waals surface area contributed by atoms with Crippen LogP contribution < -0.4 is 0 Å². The van der Waals surface area contributed by atoms with Gasteiger partial charge in [-0.2, -0.15) is 0 Å². The Bertz CT molecular complexity index is 381. The highest BCUT2D eigenvalue weighted by Gasteiger charge is 2.51. The van der Waals surface area contributed by atoms with E-state index >= 15 is 0 Å². The van der Waals surface area contributed by atoms with Gasteiger partial charge in [-0.05, 0) is 44.9 Å². The maximum Gasteiger partial charge on any atom is 0.0658 e. The first-order chi connectivity index (χ1) is 7.72. The number of aliphatic hydroxyl groups is 1. The minimum absolute atomic E-state index is 0.0103. The lowest BCUT2D eigenvalue weighted by Crippen LogP contribution is -2.50. The van der Waals surface area contributed by atoms with Gasteiger partial charge in [0.2, 0.25) is 0 Å². The molecule has 3 rings (SSSR count). The molecule has 0 saturated carbocycles. The first-order valence-corrected chi connectivity index (χ1v) is 6.05. The molecule has 3 atom stereocenters. The van der Waals surface area contributed by atoms with E-state index in [0.717, 1.165) is 25.0 Å². The second kappa shape index (κ2) is 3.54. The monoisotopic (exact) mass is 218 g/mol. The molecule has 86 valence electrons. The third-order valence-electron chi connectivity index (χ3n) is 4.37. The molecule has 2 aliphatic rings. The maximum atomic E-state index is 9.98. The second-order valence-electron chi connectivity index (χ2n) is 5.14. The van der Waals surface area contributed by atoms with E-state index < -0.39 is 0 Å². The quantitative estimate of drug-likeness (QED) is 0.776. The summed E-state index contributed by atoms with van der Waals surface area (Å²) in [5.41, 5.74) is 1.11. The molecule has 0 aromatic carbocycles. The first-order valence-electron chi connectivity index (χ1n) is 6.05. The molecule has 3 heterocycles. The van der Waals surface area contributed by atoms with Crippen molar-refractivity contribution in [2.24, 2.45) is 0 Å². The molecule has 3 nitrogen and oxygen atoms in total. The van der Waals surface area contributed by atoms with Gasteiger partial charge in [-0.15, -0.1) is 0 Å². The molecule has 2 aliphatic heterocycles. The minimum Gasteiger partial charge on any atom is -0.393 e. The van der Waals surface area contributed by atoms with Gasteiger partial charge in [-0.1, -0.05) is 6.07 Å². The Labute approximate surface area is 96.1 Å². The smallest absolute Gasteiger partial charge is 0.0658 e. The molecule has 0 amide bonds. The molecule has 0 radical (unpaired) electrons. The zero-order valence-corrected chi connectivity index (χ0v) is 9.63. The number of hydrogen-bond acceptors (Lipinski definition) is 3. The van der Waals surface area contributed by atoms with Gasteiger partial charge >= 0.3 is 0 Å². The van der Waals surface area contributed by atoms with Crippen molar-refractivity contribution >= 4 is 0 Å². The van der Waals surface area contributed by atoms with Crippen LogP contribution in [0.1, 0.15) is 31.4 Å². The molecule has 0 spiro atoms. The molecule has 0 aliphatic carbocycles. The zero-order valence-electron chi connectivity index (χ0n) is 9.63. The number of pyridine rings is 1. The molecule has 3 heteroatoms.